The van der Waals surface area contributed by atoms with Crippen molar-refractivity contribution in [3.63, 3.8) is 0 Å². The zero-order valence-electron chi connectivity index (χ0n) is 27.6. The molecule has 1 aliphatic carbocycles. The number of aliphatic carboxylic acids is 1. The molecule has 2 heterocycles. The molecular weight excluding hydrogens is 667 g/mol. The molecule has 1 aliphatic rings. The van der Waals surface area contributed by atoms with Gasteiger partial charge in [0.25, 0.3) is 0 Å². The summed E-state index contributed by atoms with van der Waals surface area (Å²) in [5.41, 5.74) is 4.98. The van der Waals surface area contributed by atoms with Crippen LogP contribution in [0.5, 0.6) is 11.5 Å². The van der Waals surface area contributed by atoms with Gasteiger partial charge in [-0.25, -0.2) is 14.8 Å². The standard InChI is InChI=1S/C38H36F3N3O7/c39-38(40,41)51-27-15-18-34-31(22-27)43-36(50-34)26-13-11-24(12-14-26)23-49-33-9-2-1-6-25(33)19-21-44(20-4-3-10-35(45)46)32-8-5-7-29-28(32)16-17-30(42-29)37(47)48/h1-2,6,9,11-18,22,32H,3-5,7-8,10,19-21,23H2,(H,45,46)(H,47,48). The van der Waals surface area contributed by atoms with Crippen LogP contribution in [0.1, 0.15) is 71.0 Å². The van der Waals surface area contributed by atoms with E-state index in [-0.39, 0.29) is 41.9 Å². The van der Waals surface area contributed by atoms with E-state index in [2.05, 4.69) is 19.6 Å². The maximum atomic E-state index is 12.6. The average Bonchev–Trinajstić information content (AvgIpc) is 3.53. The van der Waals surface area contributed by atoms with Crippen LogP contribution in [0.25, 0.3) is 22.6 Å². The van der Waals surface area contributed by atoms with E-state index in [9.17, 15) is 27.9 Å². The minimum absolute atomic E-state index is 0.0336. The number of rotatable bonds is 15. The molecule has 0 saturated carbocycles. The number of carbonyl (C=O) groups is 2. The molecule has 0 bridgehead atoms. The highest BCUT2D eigenvalue weighted by Gasteiger charge is 2.31. The van der Waals surface area contributed by atoms with Crippen LogP contribution in [-0.2, 0) is 24.2 Å². The number of benzene rings is 3. The number of carboxylic acids is 2. The third kappa shape index (κ3) is 9.23. The first-order valence-corrected chi connectivity index (χ1v) is 16.7. The molecule has 2 N–H and O–H groups in total. The van der Waals surface area contributed by atoms with Crippen LogP contribution in [-0.4, -0.2) is 56.5 Å². The molecule has 1 atom stereocenters. The second-order valence-corrected chi connectivity index (χ2v) is 12.4. The number of alkyl halides is 3. The second kappa shape index (κ2) is 15.6. The highest BCUT2D eigenvalue weighted by Crippen LogP contribution is 2.35. The molecule has 3 aromatic carbocycles. The van der Waals surface area contributed by atoms with Gasteiger partial charge in [-0.3, -0.25) is 9.69 Å². The molecule has 10 nitrogen and oxygen atoms in total. The Labute approximate surface area is 291 Å². The molecule has 6 rings (SSSR count). The summed E-state index contributed by atoms with van der Waals surface area (Å²) in [5.74, 6) is -1.25. The minimum Gasteiger partial charge on any atom is -0.489 e. The van der Waals surface area contributed by atoms with Crippen molar-refractivity contribution in [1.82, 2.24) is 14.9 Å². The SMILES string of the molecule is O=C(O)CCCCN(CCc1ccccc1OCc1ccc(-c2nc3cc(OC(F)(F)F)ccc3o2)cc1)C1CCCc2nc(C(=O)O)ccc21. The van der Waals surface area contributed by atoms with Crippen molar-refractivity contribution < 1.29 is 46.9 Å². The normalized spacial score (nSPS) is 14.4. The van der Waals surface area contributed by atoms with E-state index in [1.54, 1.807) is 18.2 Å². The maximum absolute atomic E-state index is 12.6. The quantitative estimate of drug-likeness (QED) is 0.103. The van der Waals surface area contributed by atoms with Gasteiger partial charge >= 0.3 is 18.3 Å². The monoisotopic (exact) mass is 703 g/mol. The van der Waals surface area contributed by atoms with Crippen molar-refractivity contribution in [2.45, 2.75) is 64.0 Å². The summed E-state index contributed by atoms with van der Waals surface area (Å²) in [7, 11) is 0. The number of nitrogens with zero attached hydrogens (tertiary/aromatic N) is 3. The molecule has 13 heteroatoms. The highest BCUT2D eigenvalue weighted by molar-refractivity contribution is 5.85. The number of fused-ring (bicyclic) bond motifs is 2. The van der Waals surface area contributed by atoms with E-state index in [1.165, 1.54) is 18.2 Å². The molecule has 0 saturated heterocycles. The fraction of sp³-hybridized carbons (Fsp3) is 0.316. The number of aromatic carboxylic acids is 1. The zero-order chi connectivity index (χ0) is 36.0. The molecular formula is C38H36F3N3O7. The number of unbranched alkanes of at least 4 members (excludes halogenated alkanes) is 1. The number of aromatic nitrogens is 2. The Morgan fingerprint density at radius 2 is 1.75 bits per heavy atom. The first kappa shape index (κ1) is 35.4. The number of pyridine rings is 1. The molecule has 2 aromatic heterocycles. The van der Waals surface area contributed by atoms with Crippen LogP contribution in [0.4, 0.5) is 13.2 Å². The van der Waals surface area contributed by atoms with Crippen LogP contribution >= 0.6 is 0 Å². The number of hydrogen-bond donors (Lipinski definition) is 2. The second-order valence-electron chi connectivity index (χ2n) is 12.4. The van der Waals surface area contributed by atoms with E-state index in [0.717, 1.165) is 41.0 Å². The fourth-order valence-corrected chi connectivity index (χ4v) is 6.39. The van der Waals surface area contributed by atoms with Crippen LogP contribution in [0.2, 0.25) is 0 Å². The van der Waals surface area contributed by atoms with Crippen molar-refractivity contribution in [3.8, 4) is 23.0 Å². The number of halogens is 3. The summed E-state index contributed by atoms with van der Waals surface area (Å²) in [6.45, 7) is 1.66. The number of aryl methyl sites for hydroxylation is 1. The van der Waals surface area contributed by atoms with Crippen LogP contribution < -0.4 is 9.47 Å². The van der Waals surface area contributed by atoms with Gasteiger partial charge in [-0.05, 0) is 98.2 Å². The van der Waals surface area contributed by atoms with Gasteiger partial charge in [0, 0.05) is 36.3 Å². The van der Waals surface area contributed by atoms with Gasteiger partial charge in [0.1, 0.15) is 29.3 Å². The summed E-state index contributed by atoms with van der Waals surface area (Å²) < 4.78 is 53.9. The highest BCUT2D eigenvalue weighted by atomic mass is 19.4. The summed E-state index contributed by atoms with van der Waals surface area (Å²) >= 11 is 0. The molecule has 5 aromatic rings. The van der Waals surface area contributed by atoms with Gasteiger partial charge in [0.05, 0.1) is 0 Å². The Morgan fingerprint density at radius 3 is 2.51 bits per heavy atom. The van der Waals surface area contributed by atoms with Crippen molar-refractivity contribution in [2.75, 3.05) is 13.1 Å². The Morgan fingerprint density at radius 1 is 0.941 bits per heavy atom. The lowest BCUT2D eigenvalue weighted by molar-refractivity contribution is -0.274. The average molecular weight is 704 g/mol. The third-order valence-electron chi connectivity index (χ3n) is 8.83. The van der Waals surface area contributed by atoms with Gasteiger partial charge in [-0.1, -0.05) is 36.4 Å². The summed E-state index contributed by atoms with van der Waals surface area (Å²) in [6.07, 6.45) is -0.267. The number of ether oxygens (including phenoxy) is 2. The molecule has 0 radical (unpaired) electrons. The van der Waals surface area contributed by atoms with Crippen molar-refractivity contribution in [1.29, 1.82) is 0 Å². The maximum Gasteiger partial charge on any atom is 0.573 e. The Hall–Kier alpha value is -5.43. The van der Waals surface area contributed by atoms with Gasteiger partial charge in [-0.2, -0.15) is 0 Å². The number of oxazole rings is 1. The van der Waals surface area contributed by atoms with Crippen molar-refractivity contribution >= 4 is 23.0 Å². The first-order valence-electron chi connectivity index (χ1n) is 16.7. The molecule has 51 heavy (non-hydrogen) atoms. The van der Waals surface area contributed by atoms with E-state index < -0.39 is 18.3 Å². The van der Waals surface area contributed by atoms with Gasteiger partial charge in [-0.15, -0.1) is 13.2 Å². The Kier molecular flexibility index (Phi) is 10.8. The number of para-hydroxylation sites is 1. The van der Waals surface area contributed by atoms with Gasteiger partial charge in [0.2, 0.25) is 5.89 Å². The number of hydrogen-bond acceptors (Lipinski definition) is 8. The third-order valence-corrected chi connectivity index (χ3v) is 8.83. The summed E-state index contributed by atoms with van der Waals surface area (Å²) in [6, 6.07) is 22.4. The molecule has 0 fully saturated rings. The van der Waals surface area contributed by atoms with E-state index in [1.807, 2.05) is 42.5 Å². The largest absolute Gasteiger partial charge is 0.573 e. The van der Waals surface area contributed by atoms with E-state index in [4.69, 9.17) is 14.3 Å². The molecule has 0 spiro atoms. The fourth-order valence-electron chi connectivity index (χ4n) is 6.39. The Bertz CT molecular complexity index is 2000. The topological polar surface area (TPSA) is 135 Å². The Balaban J connectivity index is 1.12. The predicted octanol–water partition coefficient (Wildman–Crippen LogP) is 8.24. The smallest absolute Gasteiger partial charge is 0.489 e. The van der Waals surface area contributed by atoms with E-state index in [0.29, 0.717) is 49.9 Å². The van der Waals surface area contributed by atoms with Crippen LogP contribution in [0, 0.1) is 0 Å². The molecule has 0 amide bonds. The lowest BCUT2D eigenvalue weighted by Gasteiger charge is -2.36. The minimum atomic E-state index is -4.81. The first-order chi connectivity index (χ1) is 24.5. The lowest BCUT2D eigenvalue weighted by Crippen LogP contribution is -2.34. The number of carboxylic acid groups (broad SMARTS) is 2. The molecule has 266 valence electrons. The molecule has 1 unspecified atom stereocenters. The predicted molar refractivity (Wildman–Crippen MR) is 181 cm³/mol. The van der Waals surface area contributed by atoms with E-state index >= 15 is 0 Å². The zero-order valence-corrected chi connectivity index (χ0v) is 27.6. The van der Waals surface area contributed by atoms with Gasteiger partial charge in [0.15, 0.2) is 5.58 Å². The summed E-state index contributed by atoms with van der Waals surface area (Å²) in [4.78, 5) is 33.8. The summed E-state index contributed by atoms with van der Waals surface area (Å²) in [5, 5.41) is 18.6. The van der Waals surface area contributed by atoms with Gasteiger partial charge < -0.3 is 24.1 Å². The lowest BCUT2D eigenvalue weighted by atomic mass is 9.89. The van der Waals surface area contributed by atoms with Crippen molar-refractivity contribution in [2.24, 2.45) is 0 Å². The van der Waals surface area contributed by atoms with Crippen molar-refractivity contribution in [3.05, 3.63) is 107 Å². The van der Waals surface area contributed by atoms with Crippen LogP contribution in [0.15, 0.2) is 83.3 Å². The van der Waals surface area contributed by atoms with Crippen LogP contribution in [0.3, 0.4) is 0 Å². The molecule has 0 aliphatic heterocycles.